The lowest BCUT2D eigenvalue weighted by atomic mass is 10.1. The first-order valence-corrected chi connectivity index (χ1v) is 9.28. The molecule has 0 saturated carbocycles. The van der Waals surface area contributed by atoms with Gasteiger partial charge >= 0.3 is 6.18 Å². The van der Waals surface area contributed by atoms with E-state index in [2.05, 4.69) is 9.97 Å². The van der Waals surface area contributed by atoms with Crippen molar-refractivity contribution in [1.29, 1.82) is 5.26 Å². The third-order valence-electron chi connectivity index (χ3n) is 3.50. The molecule has 3 heterocycles. The van der Waals surface area contributed by atoms with Gasteiger partial charge in [0.25, 0.3) is 0 Å². The normalized spacial score (nSPS) is 11.5. The molecule has 0 aliphatic rings. The molecule has 0 aliphatic carbocycles. The van der Waals surface area contributed by atoms with Gasteiger partial charge in [-0.05, 0) is 31.4 Å². The van der Waals surface area contributed by atoms with Crippen molar-refractivity contribution >= 4 is 23.1 Å². The predicted molar refractivity (Wildman–Crippen MR) is 92.8 cm³/mol. The Morgan fingerprint density at radius 2 is 2.08 bits per heavy atom. The van der Waals surface area contributed by atoms with Gasteiger partial charge in [-0.3, -0.25) is 0 Å². The third-order valence-corrected chi connectivity index (χ3v) is 5.35. The summed E-state index contributed by atoms with van der Waals surface area (Å²) in [6.45, 7) is 3.22. The van der Waals surface area contributed by atoms with Gasteiger partial charge < -0.3 is 4.42 Å². The number of rotatable bonds is 4. The Hall–Kier alpha value is -2.31. The summed E-state index contributed by atoms with van der Waals surface area (Å²) in [6, 6.07) is 6.27. The fraction of sp³-hybridized carbons (Fsp3) is 0.235. The van der Waals surface area contributed by atoms with E-state index in [0.717, 1.165) is 22.7 Å². The highest BCUT2D eigenvalue weighted by Crippen LogP contribution is 2.37. The number of nitriles is 1. The molecule has 4 nitrogen and oxygen atoms in total. The van der Waals surface area contributed by atoms with Gasteiger partial charge in [-0.15, -0.1) is 11.3 Å². The molecule has 0 bridgehead atoms. The maximum Gasteiger partial charge on any atom is 0.417 e. The number of oxazole rings is 1. The zero-order valence-corrected chi connectivity index (χ0v) is 15.3. The van der Waals surface area contributed by atoms with Gasteiger partial charge in [-0.25, -0.2) is 9.97 Å². The first kappa shape index (κ1) is 18.5. The smallest absolute Gasteiger partial charge is 0.417 e. The first-order valence-electron chi connectivity index (χ1n) is 7.41. The summed E-state index contributed by atoms with van der Waals surface area (Å²) in [4.78, 5) is 9.38. The van der Waals surface area contributed by atoms with Crippen LogP contribution in [0.3, 0.4) is 0 Å². The molecular weight excluding hydrogens is 383 g/mol. The summed E-state index contributed by atoms with van der Waals surface area (Å²) in [5.41, 5.74) is -0.618. The molecule has 0 unspecified atom stereocenters. The minimum absolute atomic E-state index is 0.0416. The third kappa shape index (κ3) is 3.76. The van der Waals surface area contributed by atoms with Crippen LogP contribution in [0.2, 0.25) is 0 Å². The van der Waals surface area contributed by atoms with E-state index in [1.54, 1.807) is 13.0 Å². The van der Waals surface area contributed by atoms with E-state index in [0.29, 0.717) is 17.3 Å². The minimum atomic E-state index is -4.61. The van der Waals surface area contributed by atoms with Gasteiger partial charge in [-0.2, -0.15) is 18.4 Å². The standard InChI is InChI=1S/C17H12F3N3OS2/c1-9-6-12(17(18,19)20)11(7-21)16(22-9)26-8-13-10(2)24-15(23-13)14-4-3-5-25-14/h3-6H,8H2,1-2H3. The van der Waals surface area contributed by atoms with Gasteiger partial charge in [0.15, 0.2) is 0 Å². The van der Waals surface area contributed by atoms with Crippen LogP contribution in [0.15, 0.2) is 33.0 Å². The van der Waals surface area contributed by atoms with Gasteiger partial charge in [0.1, 0.15) is 16.9 Å². The largest absolute Gasteiger partial charge is 0.440 e. The average molecular weight is 395 g/mol. The van der Waals surface area contributed by atoms with E-state index < -0.39 is 17.3 Å². The van der Waals surface area contributed by atoms with Gasteiger partial charge in [0.05, 0.1) is 21.7 Å². The van der Waals surface area contributed by atoms with Crippen LogP contribution < -0.4 is 0 Å². The van der Waals surface area contributed by atoms with E-state index in [1.807, 2.05) is 17.5 Å². The van der Waals surface area contributed by atoms with Gasteiger partial charge in [0.2, 0.25) is 5.89 Å². The molecule has 0 fully saturated rings. The quantitative estimate of drug-likeness (QED) is 0.538. The number of hydrogen-bond acceptors (Lipinski definition) is 6. The van der Waals surface area contributed by atoms with Crippen molar-refractivity contribution in [2.24, 2.45) is 0 Å². The Balaban J connectivity index is 1.89. The molecule has 0 aromatic carbocycles. The lowest BCUT2D eigenvalue weighted by Crippen LogP contribution is -2.10. The summed E-state index contributed by atoms with van der Waals surface area (Å²) in [5, 5.41) is 11.1. The van der Waals surface area contributed by atoms with Crippen LogP contribution in [0.1, 0.15) is 28.3 Å². The minimum Gasteiger partial charge on any atom is -0.440 e. The number of hydrogen-bond donors (Lipinski definition) is 0. The molecule has 3 rings (SSSR count). The molecule has 0 spiro atoms. The molecule has 9 heteroatoms. The van der Waals surface area contributed by atoms with Crippen LogP contribution in [-0.4, -0.2) is 9.97 Å². The maximum atomic E-state index is 13.2. The Morgan fingerprint density at radius 3 is 2.69 bits per heavy atom. The van der Waals surface area contributed by atoms with Crippen molar-refractivity contribution in [1.82, 2.24) is 9.97 Å². The molecule has 0 saturated heterocycles. The number of thioether (sulfide) groups is 1. The van der Waals surface area contributed by atoms with Crippen LogP contribution in [0.25, 0.3) is 10.8 Å². The van der Waals surface area contributed by atoms with Crippen LogP contribution in [0.4, 0.5) is 13.2 Å². The molecule has 3 aromatic rings. The average Bonchev–Trinajstić information content (AvgIpc) is 3.21. The summed E-state index contributed by atoms with van der Waals surface area (Å²) in [6.07, 6.45) is -4.61. The van der Waals surface area contributed by atoms with Gasteiger partial charge in [-0.1, -0.05) is 17.8 Å². The lowest BCUT2D eigenvalue weighted by molar-refractivity contribution is -0.138. The Labute approximate surface area is 155 Å². The summed E-state index contributed by atoms with van der Waals surface area (Å²) >= 11 is 2.52. The van der Waals surface area contributed by atoms with Crippen molar-refractivity contribution in [3.05, 3.63) is 51.9 Å². The number of pyridine rings is 1. The van der Waals surface area contributed by atoms with Crippen molar-refractivity contribution in [3.8, 4) is 16.8 Å². The number of aryl methyl sites for hydroxylation is 2. The highest BCUT2D eigenvalue weighted by Gasteiger charge is 2.35. The fourth-order valence-corrected chi connectivity index (χ4v) is 3.98. The number of aromatic nitrogens is 2. The molecule has 0 radical (unpaired) electrons. The predicted octanol–water partition coefficient (Wildman–Crippen LogP) is 5.60. The van der Waals surface area contributed by atoms with Crippen LogP contribution >= 0.6 is 23.1 Å². The van der Waals surface area contributed by atoms with E-state index >= 15 is 0 Å². The molecule has 134 valence electrons. The molecule has 3 aromatic heterocycles. The molecular formula is C17H12F3N3OS2. The Kier molecular flexibility index (Phi) is 5.07. The summed E-state index contributed by atoms with van der Waals surface area (Å²) in [5.74, 6) is 1.31. The Morgan fingerprint density at radius 1 is 1.31 bits per heavy atom. The summed E-state index contributed by atoms with van der Waals surface area (Å²) in [7, 11) is 0. The lowest BCUT2D eigenvalue weighted by Gasteiger charge is -2.12. The highest BCUT2D eigenvalue weighted by molar-refractivity contribution is 7.98. The maximum absolute atomic E-state index is 13.2. The van der Waals surface area contributed by atoms with Crippen molar-refractivity contribution < 1.29 is 17.6 Å². The molecule has 26 heavy (non-hydrogen) atoms. The second-order valence-electron chi connectivity index (χ2n) is 5.39. The number of alkyl halides is 3. The molecule has 0 N–H and O–H groups in total. The van der Waals surface area contributed by atoms with Crippen LogP contribution in [-0.2, 0) is 11.9 Å². The highest BCUT2D eigenvalue weighted by atomic mass is 32.2. The van der Waals surface area contributed by atoms with Crippen LogP contribution in [0.5, 0.6) is 0 Å². The number of nitrogens with zero attached hydrogens (tertiary/aromatic N) is 3. The first-order chi connectivity index (χ1) is 12.3. The monoisotopic (exact) mass is 395 g/mol. The van der Waals surface area contributed by atoms with E-state index in [9.17, 15) is 18.4 Å². The van der Waals surface area contributed by atoms with E-state index in [-0.39, 0.29) is 16.5 Å². The molecule has 0 amide bonds. The van der Waals surface area contributed by atoms with Crippen molar-refractivity contribution in [2.75, 3.05) is 0 Å². The second-order valence-corrected chi connectivity index (χ2v) is 7.30. The van der Waals surface area contributed by atoms with Crippen molar-refractivity contribution in [3.63, 3.8) is 0 Å². The van der Waals surface area contributed by atoms with Gasteiger partial charge in [0, 0.05) is 11.4 Å². The van der Waals surface area contributed by atoms with E-state index in [1.165, 1.54) is 18.3 Å². The second kappa shape index (κ2) is 7.13. The summed E-state index contributed by atoms with van der Waals surface area (Å²) < 4.78 is 45.1. The van der Waals surface area contributed by atoms with E-state index in [4.69, 9.17) is 4.42 Å². The Bertz CT molecular complexity index is 973. The fourth-order valence-electron chi connectivity index (χ4n) is 2.28. The molecule has 0 aliphatic heterocycles. The number of thiophene rings is 1. The zero-order chi connectivity index (χ0) is 18.9. The topological polar surface area (TPSA) is 62.7 Å². The number of halogens is 3. The SMILES string of the molecule is Cc1cc(C(F)(F)F)c(C#N)c(SCc2nc(-c3cccs3)oc2C)n1. The van der Waals surface area contributed by atoms with Crippen LogP contribution in [0, 0.1) is 25.2 Å². The zero-order valence-electron chi connectivity index (χ0n) is 13.7. The van der Waals surface area contributed by atoms with Crippen molar-refractivity contribution in [2.45, 2.75) is 30.8 Å². The molecule has 0 atom stereocenters.